The molecule has 0 saturated carbocycles. The number of carbonyl (C=O) groups is 1. The molecule has 7 heteroatoms. The lowest BCUT2D eigenvalue weighted by Gasteiger charge is -2.06. The third-order valence-electron chi connectivity index (χ3n) is 2.71. The van der Waals surface area contributed by atoms with Crippen molar-refractivity contribution in [2.24, 2.45) is 0 Å². The van der Waals surface area contributed by atoms with E-state index in [9.17, 15) is 13.2 Å². The minimum Gasteiger partial charge on any atom is -0.465 e. The van der Waals surface area contributed by atoms with Crippen molar-refractivity contribution in [3.63, 3.8) is 0 Å². The minimum atomic E-state index is -3.69. The Hall–Kier alpha value is -2.85. The fraction of sp³-hybridized carbons (Fsp3) is 0. The second-order valence-corrected chi connectivity index (χ2v) is 6.04. The average molecular weight is 302 g/mol. The van der Waals surface area contributed by atoms with E-state index in [1.807, 2.05) is 6.07 Å². The molecule has 21 heavy (non-hydrogen) atoms. The van der Waals surface area contributed by atoms with Crippen LogP contribution in [-0.2, 0) is 9.84 Å². The monoisotopic (exact) mass is 302 g/mol. The van der Waals surface area contributed by atoms with Crippen LogP contribution in [0, 0.1) is 11.3 Å². The summed E-state index contributed by atoms with van der Waals surface area (Å²) < 4.78 is 24.7. The van der Waals surface area contributed by atoms with Crippen molar-refractivity contribution in [1.29, 1.82) is 5.26 Å². The summed E-state index contributed by atoms with van der Waals surface area (Å²) in [5.41, 5.74) is 0.649. The molecule has 0 radical (unpaired) electrons. The van der Waals surface area contributed by atoms with E-state index in [0.717, 1.165) is 0 Å². The molecule has 6 nitrogen and oxygen atoms in total. The highest BCUT2D eigenvalue weighted by molar-refractivity contribution is 7.91. The van der Waals surface area contributed by atoms with Gasteiger partial charge in [0.15, 0.2) is 0 Å². The molecule has 0 spiro atoms. The van der Waals surface area contributed by atoms with Gasteiger partial charge in [0.05, 0.1) is 21.4 Å². The Kier molecular flexibility index (Phi) is 3.91. The van der Waals surface area contributed by atoms with Gasteiger partial charge in [0, 0.05) is 5.69 Å². The molecule has 0 atom stereocenters. The van der Waals surface area contributed by atoms with Gasteiger partial charge in [0.1, 0.15) is 0 Å². The van der Waals surface area contributed by atoms with Crippen LogP contribution in [0.15, 0.2) is 58.3 Å². The van der Waals surface area contributed by atoms with Crippen LogP contribution in [0.25, 0.3) is 0 Å². The van der Waals surface area contributed by atoms with Crippen molar-refractivity contribution in [3.8, 4) is 6.07 Å². The Morgan fingerprint density at radius 1 is 1.00 bits per heavy atom. The van der Waals surface area contributed by atoms with E-state index in [0.29, 0.717) is 5.56 Å². The number of nitrogens with one attached hydrogen (secondary N) is 1. The molecule has 0 fully saturated rings. The molecular formula is C14H10N2O4S. The second kappa shape index (κ2) is 5.64. The molecular weight excluding hydrogens is 292 g/mol. The van der Waals surface area contributed by atoms with Gasteiger partial charge in [-0.1, -0.05) is 0 Å². The van der Waals surface area contributed by atoms with Gasteiger partial charge in [0.2, 0.25) is 9.84 Å². The lowest BCUT2D eigenvalue weighted by atomic mass is 10.2. The lowest BCUT2D eigenvalue weighted by molar-refractivity contribution is 0.209. The first-order valence-electron chi connectivity index (χ1n) is 5.79. The van der Waals surface area contributed by atoms with Crippen LogP contribution in [0.3, 0.4) is 0 Å². The van der Waals surface area contributed by atoms with Gasteiger partial charge in [-0.25, -0.2) is 13.2 Å². The molecule has 0 heterocycles. The zero-order valence-corrected chi connectivity index (χ0v) is 11.5. The van der Waals surface area contributed by atoms with Gasteiger partial charge in [-0.05, 0) is 48.5 Å². The molecule has 2 aromatic rings. The van der Waals surface area contributed by atoms with Crippen LogP contribution in [0.1, 0.15) is 5.56 Å². The molecule has 2 aromatic carbocycles. The molecule has 0 aromatic heterocycles. The van der Waals surface area contributed by atoms with E-state index in [1.54, 1.807) is 0 Å². The topological polar surface area (TPSA) is 107 Å². The number of nitrogens with zero attached hydrogens (tertiary/aromatic N) is 1. The average Bonchev–Trinajstić information content (AvgIpc) is 2.47. The molecule has 0 unspecified atom stereocenters. The normalized spacial score (nSPS) is 10.6. The molecule has 0 saturated heterocycles. The molecule has 2 rings (SSSR count). The van der Waals surface area contributed by atoms with Crippen molar-refractivity contribution in [3.05, 3.63) is 54.1 Å². The molecule has 0 bridgehead atoms. The predicted molar refractivity (Wildman–Crippen MR) is 74.7 cm³/mol. The first kappa shape index (κ1) is 14.6. The Balaban J connectivity index is 2.34. The maximum atomic E-state index is 12.3. The smallest absolute Gasteiger partial charge is 0.409 e. The number of amides is 1. The zero-order chi connectivity index (χ0) is 15.5. The number of nitriles is 1. The fourth-order valence-electron chi connectivity index (χ4n) is 1.69. The van der Waals surface area contributed by atoms with Crippen LogP contribution in [0.2, 0.25) is 0 Å². The molecule has 0 aliphatic rings. The van der Waals surface area contributed by atoms with Gasteiger partial charge in [0.25, 0.3) is 0 Å². The summed E-state index contributed by atoms with van der Waals surface area (Å²) in [4.78, 5) is 10.6. The SMILES string of the molecule is N#Cc1ccc(S(=O)(=O)c2ccc(NC(=O)O)cc2)cc1. The Labute approximate surface area is 121 Å². The number of carboxylic acid groups (broad SMARTS) is 1. The number of rotatable bonds is 3. The fourth-order valence-corrected chi connectivity index (χ4v) is 2.95. The standard InChI is InChI=1S/C14H10N2O4S/c15-9-10-1-5-12(6-2-10)21(19,20)13-7-3-11(4-8-13)16-14(17)18/h1-8,16H,(H,17,18). The van der Waals surface area contributed by atoms with Crippen molar-refractivity contribution >= 4 is 21.6 Å². The maximum Gasteiger partial charge on any atom is 0.409 e. The number of hydrogen-bond donors (Lipinski definition) is 2. The minimum absolute atomic E-state index is 0.0446. The third-order valence-corrected chi connectivity index (χ3v) is 4.50. The zero-order valence-electron chi connectivity index (χ0n) is 10.6. The predicted octanol–water partition coefficient (Wildman–Crippen LogP) is 2.48. The summed E-state index contributed by atoms with van der Waals surface area (Å²) in [6.45, 7) is 0. The summed E-state index contributed by atoms with van der Waals surface area (Å²) in [5, 5.41) is 19.4. The number of hydrogen-bond acceptors (Lipinski definition) is 4. The highest BCUT2D eigenvalue weighted by Crippen LogP contribution is 2.22. The summed E-state index contributed by atoms with van der Waals surface area (Å²) >= 11 is 0. The summed E-state index contributed by atoms with van der Waals surface area (Å²) in [6, 6.07) is 12.8. The highest BCUT2D eigenvalue weighted by atomic mass is 32.2. The molecule has 2 N–H and O–H groups in total. The van der Waals surface area contributed by atoms with E-state index in [-0.39, 0.29) is 15.5 Å². The van der Waals surface area contributed by atoms with Crippen LogP contribution in [0.4, 0.5) is 10.5 Å². The van der Waals surface area contributed by atoms with Crippen molar-refractivity contribution in [1.82, 2.24) is 0 Å². The van der Waals surface area contributed by atoms with Gasteiger partial charge in [-0.3, -0.25) is 5.32 Å². The van der Waals surface area contributed by atoms with Crippen molar-refractivity contribution in [2.75, 3.05) is 5.32 Å². The van der Waals surface area contributed by atoms with Crippen molar-refractivity contribution < 1.29 is 18.3 Å². The second-order valence-electron chi connectivity index (χ2n) is 4.09. The lowest BCUT2D eigenvalue weighted by Crippen LogP contribution is -2.07. The highest BCUT2D eigenvalue weighted by Gasteiger charge is 2.17. The first-order valence-corrected chi connectivity index (χ1v) is 7.27. The van der Waals surface area contributed by atoms with E-state index in [4.69, 9.17) is 10.4 Å². The molecule has 0 aliphatic carbocycles. The molecule has 0 aliphatic heterocycles. The van der Waals surface area contributed by atoms with Crippen molar-refractivity contribution in [2.45, 2.75) is 9.79 Å². The maximum absolute atomic E-state index is 12.3. The molecule has 106 valence electrons. The van der Waals surface area contributed by atoms with Gasteiger partial charge >= 0.3 is 6.09 Å². The van der Waals surface area contributed by atoms with E-state index in [1.165, 1.54) is 48.5 Å². The summed E-state index contributed by atoms with van der Waals surface area (Å²) in [6.07, 6.45) is -1.22. The molecule has 1 amide bonds. The number of benzene rings is 2. The Morgan fingerprint density at radius 2 is 1.48 bits per heavy atom. The van der Waals surface area contributed by atoms with Gasteiger partial charge in [-0.15, -0.1) is 0 Å². The van der Waals surface area contributed by atoms with Crippen LogP contribution < -0.4 is 5.32 Å². The Morgan fingerprint density at radius 3 is 1.90 bits per heavy atom. The third kappa shape index (κ3) is 3.19. The summed E-state index contributed by atoms with van der Waals surface area (Å²) in [7, 11) is -3.69. The van der Waals surface area contributed by atoms with E-state index < -0.39 is 15.9 Å². The van der Waals surface area contributed by atoms with Crippen LogP contribution in [-0.4, -0.2) is 19.6 Å². The van der Waals surface area contributed by atoms with E-state index >= 15 is 0 Å². The number of anilines is 1. The first-order chi connectivity index (χ1) is 9.93. The van der Waals surface area contributed by atoms with Gasteiger partial charge < -0.3 is 5.11 Å². The van der Waals surface area contributed by atoms with Crippen LogP contribution in [0.5, 0.6) is 0 Å². The number of sulfone groups is 1. The van der Waals surface area contributed by atoms with Crippen LogP contribution >= 0.6 is 0 Å². The summed E-state index contributed by atoms with van der Waals surface area (Å²) in [5.74, 6) is 0. The largest absolute Gasteiger partial charge is 0.465 e. The quantitative estimate of drug-likeness (QED) is 0.905. The Bertz CT molecular complexity index is 804. The van der Waals surface area contributed by atoms with E-state index in [2.05, 4.69) is 5.32 Å². The van der Waals surface area contributed by atoms with Gasteiger partial charge in [-0.2, -0.15) is 5.26 Å².